The molecule has 1 aliphatic heterocycles. The number of nitrogens with one attached hydrogen (secondary N) is 2. The predicted molar refractivity (Wildman–Crippen MR) is 96.1 cm³/mol. The topological polar surface area (TPSA) is 67.4 Å². The molecule has 3 rings (SSSR count). The zero-order valence-electron chi connectivity index (χ0n) is 14.3. The van der Waals surface area contributed by atoms with Crippen LogP contribution in [0.3, 0.4) is 0 Å². The van der Waals surface area contributed by atoms with Gasteiger partial charge in [0.1, 0.15) is 6.10 Å². The number of benzene rings is 1. The van der Waals surface area contributed by atoms with Crippen LogP contribution in [0, 0.1) is 0 Å². The largest absolute Gasteiger partial charge is 0.459 e. The maximum absolute atomic E-state index is 12.8. The molecule has 25 heavy (non-hydrogen) atoms. The third-order valence-electron chi connectivity index (χ3n) is 4.77. The van der Waals surface area contributed by atoms with Crippen LogP contribution in [0.4, 0.5) is 4.79 Å². The van der Waals surface area contributed by atoms with E-state index in [-0.39, 0.29) is 18.1 Å². The van der Waals surface area contributed by atoms with Gasteiger partial charge in [-0.15, -0.1) is 0 Å². The molecular weight excluding hydrogens is 340 g/mol. The van der Waals surface area contributed by atoms with Gasteiger partial charge in [0, 0.05) is 10.7 Å². The van der Waals surface area contributed by atoms with Gasteiger partial charge in [0.2, 0.25) is 0 Å². The van der Waals surface area contributed by atoms with Crippen LogP contribution in [0.25, 0.3) is 0 Å². The lowest BCUT2D eigenvalue weighted by Crippen LogP contribution is -2.45. The summed E-state index contributed by atoms with van der Waals surface area (Å²) in [6.07, 6.45) is 6.34. The number of carbonyl (C=O) groups excluding carboxylic acids is 2. The van der Waals surface area contributed by atoms with E-state index in [1.165, 1.54) is 12.8 Å². The number of halogens is 1. The van der Waals surface area contributed by atoms with E-state index in [4.69, 9.17) is 16.3 Å². The second-order valence-electron chi connectivity index (χ2n) is 6.64. The zero-order valence-corrected chi connectivity index (χ0v) is 15.1. The van der Waals surface area contributed by atoms with Crippen molar-refractivity contribution in [2.75, 3.05) is 0 Å². The Morgan fingerprint density at radius 2 is 1.76 bits per heavy atom. The number of allylic oxidation sites excluding steroid dienone is 1. The highest BCUT2D eigenvalue weighted by atomic mass is 35.5. The highest BCUT2D eigenvalue weighted by Crippen LogP contribution is 2.30. The third-order valence-corrected chi connectivity index (χ3v) is 5.02. The summed E-state index contributed by atoms with van der Waals surface area (Å²) in [4.78, 5) is 24.7. The van der Waals surface area contributed by atoms with E-state index >= 15 is 0 Å². The van der Waals surface area contributed by atoms with E-state index in [1.54, 1.807) is 19.1 Å². The predicted octanol–water partition coefficient (Wildman–Crippen LogP) is 4.23. The van der Waals surface area contributed by atoms with E-state index in [2.05, 4.69) is 10.6 Å². The molecule has 1 fully saturated rings. The summed E-state index contributed by atoms with van der Waals surface area (Å²) in [5, 5.41) is 6.09. The summed E-state index contributed by atoms with van der Waals surface area (Å²) >= 11 is 5.95. The summed E-state index contributed by atoms with van der Waals surface area (Å²) < 4.78 is 5.78. The van der Waals surface area contributed by atoms with Crippen LogP contribution in [-0.2, 0) is 9.53 Å². The molecule has 0 radical (unpaired) electrons. The maximum Gasteiger partial charge on any atom is 0.338 e. The minimum Gasteiger partial charge on any atom is -0.459 e. The molecule has 1 aromatic carbocycles. The van der Waals surface area contributed by atoms with Gasteiger partial charge in [-0.2, -0.15) is 0 Å². The first kappa shape index (κ1) is 17.8. The van der Waals surface area contributed by atoms with E-state index in [0.29, 0.717) is 16.3 Å². The summed E-state index contributed by atoms with van der Waals surface area (Å²) in [6, 6.07) is 6.24. The van der Waals surface area contributed by atoms with Gasteiger partial charge in [-0.25, -0.2) is 9.59 Å². The van der Waals surface area contributed by atoms with Crippen molar-refractivity contribution >= 4 is 23.6 Å². The normalized spacial score (nSPS) is 22.0. The maximum atomic E-state index is 12.8. The Kier molecular flexibility index (Phi) is 5.63. The third kappa shape index (κ3) is 4.34. The molecule has 1 saturated carbocycles. The fourth-order valence-corrected chi connectivity index (χ4v) is 3.57. The van der Waals surface area contributed by atoms with Crippen molar-refractivity contribution in [2.24, 2.45) is 0 Å². The standard InChI is InChI=1S/C19H23ClN2O3/c1-12-16(18(23)25-15-6-4-2-3-5-7-15)17(22-19(24)21-12)13-8-10-14(20)11-9-13/h8-11,15,17H,2-7H2,1H3,(H2,21,22,24)/t17-/m1/s1. The van der Waals surface area contributed by atoms with Crippen LogP contribution >= 0.6 is 11.6 Å². The Balaban J connectivity index is 1.83. The smallest absolute Gasteiger partial charge is 0.338 e. The van der Waals surface area contributed by atoms with Gasteiger partial charge in [-0.3, -0.25) is 0 Å². The monoisotopic (exact) mass is 362 g/mol. The first-order valence-electron chi connectivity index (χ1n) is 8.79. The molecule has 0 spiro atoms. The van der Waals surface area contributed by atoms with E-state index in [1.807, 2.05) is 12.1 Å². The number of urea groups is 1. The Morgan fingerprint density at radius 1 is 1.12 bits per heavy atom. The molecule has 5 nitrogen and oxygen atoms in total. The molecule has 0 unspecified atom stereocenters. The average Bonchev–Trinajstić information content (AvgIpc) is 2.83. The molecule has 2 aliphatic rings. The Hall–Kier alpha value is -2.01. The van der Waals surface area contributed by atoms with Gasteiger partial charge in [0.25, 0.3) is 0 Å². The lowest BCUT2D eigenvalue weighted by molar-refractivity contribution is -0.145. The van der Waals surface area contributed by atoms with Crippen LogP contribution in [0.5, 0.6) is 0 Å². The second-order valence-corrected chi connectivity index (χ2v) is 7.08. The van der Waals surface area contributed by atoms with E-state index in [0.717, 1.165) is 31.2 Å². The number of hydrogen-bond acceptors (Lipinski definition) is 3. The highest BCUT2D eigenvalue weighted by Gasteiger charge is 2.33. The van der Waals surface area contributed by atoms with Gasteiger partial charge >= 0.3 is 12.0 Å². The Morgan fingerprint density at radius 3 is 2.40 bits per heavy atom. The highest BCUT2D eigenvalue weighted by molar-refractivity contribution is 6.30. The van der Waals surface area contributed by atoms with Crippen molar-refractivity contribution in [3.8, 4) is 0 Å². The molecule has 134 valence electrons. The Bertz CT molecular complexity index is 676. The number of carbonyl (C=O) groups is 2. The molecule has 0 saturated heterocycles. The van der Waals surface area contributed by atoms with Crippen molar-refractivity contribution in [2.45, 2.75) is 57.6 Å². The fraction of sp³-hybridized carbons (Fsp3) is 0.474. The first-order valence-corrected chi connectivity index (χ1v) is 9.17. The summed E-state index contributed by atoms with van der Waals surface area (Å²) in [5.74, 6) is -0.364. The molecule has 1 aliphatic carbocycles. The molecular formula is C19H23ClN2O3. The quantitative estimate of drug-likeness (QED) is 0.624. The summed E-state index contributed by atoms with van der Waals surface area (Å²) in [7, 11) is 0. The van der Waals surface area contributed by atoms with Gasteiger partial charge < -0.3 is 15.4 Å². The van der Waals surface area contributed by atoms with Crippen LogP contribution in [-0.4, -0.2) is 18.1 Å². The van der Waals surface area contributed by atoms with Gasteiger partial charge in [0.05, 0.1) is 11.6 Å². The van der Waals surface area contributed by atoms with Gasteiger partial charge in [-0.1, -0.05) is 36.6 Å². The molecule has 6 heteroatoms. The number of esters is 1. The fourth-order valence-electron chi connectivity index (χ4n) is 3.44. The molecule has 2 amide bonds. The van der Waals surface area contributed by atoms with Crippen molar-refractivity contribution in [3.05, 3.63) is 46.1 Å². The van der Waals surface area contributed by atoms with Crippen LogP contribution in [0.1, 0.15) is 57.1 Å². The van der Waals surface area contributed by atoms with Crippen molar-refractivity contribution in [1.29, 1.82) is 0 Å². The second kappa shape index (κ2) is 7.91. The minimum absolute atomic E-state index is 0.0428. The SMILES string of the molecule is CC1=C(C(=O)OC2CCCCCC2)[C@@H](c2ccc(Cl)cc2)NC(=O)N1. The van der Waals surface area contributed by atoms with Crippen LogP contribution in [0.2, 0.25) is 5.02 Å². The van der Waals surface area contributed by atoms with Gasteiger partial charge in [0.15, 0.2) is 0 Å². The van der Waals surface area contributed by atoms with Crippen LogP contribution in [0.15, 0.2) is 35.5 Å². The molecule has 1 heterocycles. The lowest BCUT2D eigenvalue weighted by Gasteiger charge is -2.29. The number of amides is 2. The van der Waals surface area contributed by atoms with E-state index in [9.17, 15) is 9.59 Å². The molecule has 1 aromatic rings. The zero-order chi connectivity index (χ0) is 17.8. The van der Waals surface area contributed by atoms with Crippen molar-refractivity contribution < 1.29 is 14.3 Å². The molecule has 0 aromatic heterocycles. The lowest BCUT2D eigenvalue weighted by atomic mass is 9.95. The van der Waals surface area contributed by atoms with Crippen LogP contribution < -0.4 is 10.6 Å². The number of hydrogen-bond donors (Lipinski definition) is 2. The average molecular weight is 363 g/mol. The number of rotatable bonds is 3. The summed E-state index contributed by atoms with van der Waals surface area (Å²) in [5.41, 5.74) is 1.78. The molecule has 0 bridgehead atoms. The summed E-state index contributed by atoms with van der Waals surface area (Å²) in [6.45, 7) is 1.73. The van der Waals surface area contributed by atoms with Crippen molar-refractivity contribution in [1.82, 2.24) is 10.6 Å². The Labute approximate surface area is 152 Å². The minimum atomic E-state index is -0.538. The van der Waals surface area contributed by atoms with E-state index < -0.39 is 6.04 Å². The van der Waals surface area contributed by atoms with Crippen molar-refractivity contribution in [3.63, 3.8) is 0 Å². The molecule has 1 atom stereocenters. The van der Waals surface area contributed by atoms with Gasteiger partial charge in [-0.05, 0) is 50.3 Å². The number of ether oxygens (including phenoxy) is 1. The molecule has 2 N–H and O–H groups in total. The first-order chi connectivity index (χ1) is 12.0.